The van der Waals surface area contributed by atoms with Crippen LogP contribution >= 0.6 is 0 Å². The maximum Gasteiger partial charge on any atom is 0.00579 e. The molecule has 0 amide bonds. The van der Waals surface area contributed by atoms with E-state index in [1.807, 2.05) is 0 Å². The molecular formula is C11H23N. The van der Waals surface area contributed by atoms with E-state index < -0.39 is 0 Å². The Balaban J connectivity index is 3.26. The van der Waals surface area contributed by atoms with Crippen LogP contribution in [0.3, 0.4) is 0 Å². The van der Waals surface area contributed by atoms with Crippen LogP contribution in [-0.4, -0.2) is 19.0 Å². The van der Waals surface area contributed by atoms with Crippen LogP contribution < -0.4 is 0 Å². The Kier molecular flexibility index (Phi) is 5.87. The molecule has 12 heavy (non-hydrogen) atoms. The first-order valence-corrected chi connectivity index (χ1v) is 4.89. The number of hydrogen-bond acceptors (Lipinski definition) is 1. The van der Waals surface area contributed by atoms with E-state index in [0.29, 0.717) is 0 Å². The van der Waals surface area contributed by atoms with Gasteiger partial charge in [-0.2, -0.15) is 0 Å². The molecule has 0 saturated carbocycles. The summed E-state index contributed by atoms with van der Waals surface area (Å²) in [6.45, 7) is 8.55. The molecule has 0 aromatic heterocycles. The van der Waals surface area contributed by atoms with E-state index in [-0.39, 0.29) is 0 Å². The Morgan fingerprint density at radius 3 is 2.25 bits per heavy atom. The summed E-state index contributed by atoms with van der Waals surface area (Å²) in [6.07, 6.45) is 5.13. The van der Waals surface area contributed by atoms with Gasteiger partial charge in [0.05, 0.1) is 0 Å². The lowest BCUT2D eigenvalue weighted by molar-refractivity contribution is 0.465. The van der Waals surface area contributed by atoms with Crippen LogP contribution in [0.2, 0.25) is 0 Å². The molecule has 0 aromatic carbocycles. The van der Waals surface area contributed by atoms with Crippen LogP contribution in [0.1, 0.15) is 39.5 Å². The summed E-state index contributed by atoms with van der Waals surface area (Å²) < 4.78 is 0. The predicted octanol–water partition coefficient (Wildman–Crippen LogP) is 3.28. The first-order valence-electron chi connectivity index (χ1n) is 4.89. The molecular weight excluding hydrogens is 146 g/mol. The largest absolute Gasteiger partial charge is 0.381 e. The van der Waals surface area contributed by atoms with Gasteiger partial charge in [0.2, 0.25) is 0 Å². The topological polar surface area (TPSA) is 3.24 Å². The zero-order chi connectivity index (χ0) is 9.56. The molecule has 0 heterocycles. The lowest BCUT2D eigenvalue weighted by Crippen LogP contribution is -2.09. The van der Waals surface area contributed by atoms with Crippen LogP contribution in [0.4, 0.5) is 0 Å². The van der Waals surface area contributed by atoms with Crippen molar-refractivity contribution < 1.29 is 0 Å². The number of hydrogen-bond donors (Lipinski definition) is 0. The van der Waals surface area contributed by atoms with Crippen molar-refractivity contribution in [1.29, 1.82) is 0 Å². The molecule has 0 spiro atoms. The highest BCUT2D eigenvalue weighted by Crippen LogP contribution is 2.12. The third kappa shape index (κ3) is 6.26. The Morgan fingerprint density at radius 2 is 1.83 bits per heavy atom. The van der Waals surface area contributed by atoms with E-state index in [1.54, 1.807) is 0 Å². The van der Waals surface area contributed by atoms with Crippen molar-refractivity contribution in [3.63, 3.8) is 0 Å². The fourth-order valence-electron chi connectivity index (χ4n) is 1.11. The van der Waals surface area contributed by atoms with E-state index in [2.05, 4.69) is 39.4 Å². The highest BCUT2D eigenvalue weighted by Gasteiger charge is 1.97. The summed E-state index contributed by atoms with van der Waals surface area (Å²) in [5.74, 6) is 0.845. The summed E-state index contributed by atoms with van der Waals surface area (Å²) in [7, 11) is 4.12. The smallest absolute Gasteiger partial charge is 0.00579 e. The molecule has 0 saturated heterocycles. The second-order valence-electron chi connectivity index (χ2n) is 4.10. The Bertz CT molecular complexity index is 125. The molecule has 1 heteroatoms. The van der Waals surface area contributed by atoms with Gasteiger partial charge in [-0.1, -0.05) is 33.3 Å². The molecule has 1 nitrogen and oxygen atoms in total. The van der Waals surface area contributed by atoms with Crippen molar-refractivity contribution >= 4 is 0 Å². The van der Waals surface area contributed by atoms with Gasteiger partial charge in [-0.15, -0.1) is 0 Å². The monoisotopic (exact) mass is 169 g/mol. The molecule has 0 radical (unpaired) electrons. The van der Waals surface area contributed by atoms with E-state index >= 15 is 0 Å². The Labute approximate surface area is 77.5 Å². The van der Waals surface area contributed by atoms with Crippen molar-refractivity contribution in [2.24, 2.45) is 5.92 Å². The molecule has 0 rings (SSSR count). The van der Waals surface area contributed by atoms with Crippen LogP contribution in [0.15, 0.2) is 12.3 Å². The quantitative estimate of drug-likeness (QED) is 0.552. The van der Waals surface area contributed by atoms with Gasteiger partial charge >= 0.3 is 0 Å². The predicted molar refractivity (Wildman–Crippen MR) is 56.1 cm³/mol. The maximum atomic E-state index is 4.00. The van der Waals surface area contributed by atoms with E-state index in [1.165, 1.54) is 25.0 Å². The highest BCUT2D eigenvalue weighted by atomic mass is 15.1. The minimum absolute atomic E-state index is 0.845. The molecule has 0 atom stereocenters. The number of rotatable bonds is 6. The molecule has 0 aromatic rings. The van der Waals surface area contributed by atoms with E-state index in [4.69, 9.17) is 0 Å². The van der Waals surface area contributed by atoms with Crippen molar-refractivity contribution in [1.82, 2.24) is 4.90 Å². The van der Waals surface area contributed by atoms with Crippen LogP contribution in [0, 0.1) is 5.92 Å². The average Bonchev–Trinajstić information content (AvgIpc) is 1.97. The standard InChI is InChI=1S/C11H23N/c1-10(2)8-6-7-9-11(3)12(4)5/h10H,3,6-9H2,1-2,4-5H3. The molecule has 72 valence electrons. The van der Waals surface area contributed by atoms with Crippen molar-refractivity contribution in [2.75, 3.05) is 14.1 Å². The highest BCUT2D eigenvalue weighted by molar-refractivity contribution is 4.89. The number of nitrogens with zero attached hydrogens (tertiary/aromatic N) is 1. The second kappa shape index (κ2) is 6.10. The van der Waals surface area contributed by atoms with Gasteiger partial charge in [-0.05, 0) is 18.8 Å². The van der Waals surface area contributed by atoms with Gasteiger partial charge in [0.15, 0.2) is 0 Å². The Hall–Kier alpha value is -0.460. The third-order valence-corrected chi connectivity index (χ3v) is 2.13. The molecule has 0 unspecified atom stereocenters. The first-order chi connectivity index (χ1) is 5.54. The lowest BCUT2D eigenvalue weighted by atomic mass is 10.0. The fourth-order valence-corrected chi connectivity index (χ4v) is 1.11. The van der Waals surface area contributed by atoms with Gasteiger partial charge in [-0.3, -0.25) is 0 Å². The number of allylic oxidation sites excluding steroid dienone is 1. The van der Waals surface area contributed by atoms with E-state index in [0.717, 1.165) is 12.3 Å². The van der Waals surface area contributed by atoms with Gasteiger partial charge in [0.1, 0.15) is 0 Å². The van der Waals surface area contributed by atoms with Gasteiger partial charge < -0.3 is 4.90 Å². The van der Waals surface area contributed by atoms with Crippen molar-refractivity contribution in [3.8, 4) is 0 Å². The van der Waals surface area contributed by atoms with Crippen LogP contribution in [0.5, 0.6) is 0 Å². The summed E-state index contributed by atoms with van der Waals surface area (Å²) in [6, 6.07) is 0. The molecule has 0 bridgehead atoms. The minimum atomic E-state index is 0.845. The number of unbranched alkanes of at least 4 members (excludes halogenated alkanes) is 1. The summed E-state index contributed by atoms with van der Waals surface area (Å²) in [5.41, 5.74) is 1.25. The summed E-state index contributed by atoms with van der Waals surface area (Å²) in [5, 5.41) is 0. The molecule has 0 fully saturated rings. The van der Waals surface area contributed by atoms with Crippen molar-refractivity contribution in [3.05, 3.63) is 12.3 Å². The zero-order valence-corrected chi connectivity index (χ0v) is 9.06. The minimum Gasteiger partial charge on any atom is -0.381 e. The molecule has 0 aliphatic heterocycles. The molecule has 0 N–H and O–H groups in total. The Morgan fingerprint density at radius 1 is 1.25 bits per heavy atom. The van der Waals surface area contributed by atoms with Gasteiger partial charge in [0, 0.05) is 19.8 Å². The fraction of sp³-hybridized carbons (Fsp3) is 0.818. The maximum absolute atomic E-state index is 4.00. The SMILES string of the molecule is C=C(CCCCC(C)C)N(C)C. The second-order valence-corrected chi connectivity index (χ2v) is 4.10. The zero-order valence-electron chi connectivity index (χ0n) is 9.06. The average molecular weight is 169 g/mol. The van der Waals surface area contributed by atoms with E-state index in [9.17, 15) is 0 Å². The molecule has 0 aliphatic carbocycles. The van der Waals surface area contributed by atoms with Crippen LogP contribution in [-0.2, 0) is 0 Å². The third-order valence-electron chi connectivity index (χ3n) is 2.13. The summed E-state index contributed by atoms with van der Waals surface area (Å²) >= 11 is 0. The van der Waals surface area contributed by atoms with Crippen LogP contribution in [0.25, 0.3) is 0 Å². The van der Waals surface area contributed by atoms with Gasteiger partial charge in [-0.25, -0.2) is 0 Å². The first kappa shape index (κ1) is 11.5. The lowest BCUT2D eigenvalue weighted by Gasteiger charge is -2.15. The normalized spacial score (nSPS) is 10.4. The van der Waals surface area contributed by atoms with Crippen molar-refractivity contribution in [2.45, 2.75) is 39.5 Å². The molecule has 0 aliphatic rings. The summed E-state index contributed by atoms with van der Waals surface area (Å²) in [4.78, 5) is 2.11. The van der Waals surface area contributed by atoms with Gasteiger partial charge in [0.25, 0.3) is 0 Å².